The zero-order valence-corrected chi connectivity index (χ0v) is 12.5. The molecule has 0 fully saturated rings. The molecule has 0 aliphatic rings. The lowest BCUT2D eigenvalue weighted by Gasteiger charge is -2.04. The number of nitrogens with two attached hydrogens (primary N) is 1. The van der Waals surface area contributed by atoms with Crippen LogP contribution in [0.1, 0.15) is 0 Å². The highest BCUT2D eigenvalue weighted by Crippen LogP contribution is 2.24. The van der Waals surface area contributed by atoms with Crippen molar-refractivity contribution in [2.45, 2.75) is 6.54 Å². The van der Waals surface area contributed by atoms with Gasteiger partial charge in [0, 0.05) is 23.4 Å². The second-order valence-corrected chi connectivity index (χ2v) is 4.91. The first-order chi connectivity index (χ1) is 11.2. The molecule has 0 saturated heterocycles. The smallest absolute Gasteiger partial charge is 0.239 e. The third-order valence-electron chi connectivity index (χ3n) is 3.26. The monoisotopic (exact) mass is 309 g/mol. The Hall–Kier alpha value is -3.22. The first-order valence-corrected chi connectivity index (χ1v) is 6.96. The summed E-state index contributed by atoms with van der Waals surface area (Å²) in [6.07, 6.45) is 1.72. The molecule has 0 saturated carbocycles. The van der Waals surface area contributed by atoms with Crippen molar-refractivity contribution in [3.05, 3.63) is 48.7 Å². The summed E-state index contributed by atoms with van der Waals surface area (Å²) in [5.41, 5.74) is 8.51. The highest BCUT2D eigenvalue weighted by Gasteiger charge is 2.07. The summed E-state index contributed by atoms with van der Waals surface area (Å²) >= 11 is 0. The van der Waals surface area contributed by atoms with Gasteiger partial charge in [-0.05, 0) is 18.2 Å². The molecule has 0 bridgehead atoms. The van der Waals surface area contributed by atoms with Crippen LogP contribution in [0.2, 0.25) is 0 Å². The first-order valence-electron chi connectivity index (χ1n) is 6.96. The average molecular weight is 309 g/mol. The van der Waals surface area contributed by atoms with Gasteiger partial charge < -0.3 is 10.5 Å². The van der Waals surface area contributed by atoms with Crippen molar-refractivity contribution in [3.8, 4) is 28.4 Å². The van der Waals surface area contributed by atoms with Gasteiger partial charge >= 0.3 is 0 Å². The van der Waals surface area contributed by atoms with E-state index in [-0.39, 0.29) is 6.54 Å². The molecule has 2 heterocycles. The molecular weight excluding hydrogens is 294 g/mol. The molecule has 3 rings (SSSR count). The number of primary amides is 1. The van der Waals surface area contributed by atoms with Gasteiger partial charge in [0.2, 0.25) is 11.8 Å². The molecule has 116 valence electrons. The van der Waals surface area contributed by atoms with Crippen molar-refractivity contribution < 1.29 is 9.53 Å². The Morgan fingerprint density at radius 3 is 2.57 bits per heavy atom. The lowest BCUT2D eigenvalue weighted by atomic mass is 10.1. The van der Waals surface area contributed by atoms with Crippen LogP contribution in [-0.4, -0.2) is 33.0 Å². The lowest BCUT2D eigenvalue weighted by Crippen LogP contribution is -2.18. The number of aromatic nitrogens is 4. The van der Waals surface area contributed by atoms with E-state index in [1.807, 2.05) is 36.4 Å². The molecule has 0 aliphatic heterocycles. The predicted octanol–water partition coefficient (Wildman–Crippen LogP) is 1.50. The zero-order chi connectivity index (χ0) is 16.2. The van der Waals surface area contributed by atoms with E-state index in [2.05, 4.69) is 15.3 Å². The Morgan fingerprint density at radius 2 is 1.91 bits per heavy atom. The van der Waals surface area contributed by atoms with Gasteiger partial charge in [-0.25, -0.2) is 0 Å². The van der Waals surface area contributed by atoms with Gasteiger partial charge in [0.05, 0.1) is 18.5 Å². The number of nitrogens with zero attached hydrogens (tertiary/aromatic N) is 4. The SMILES string of the molecule is COc1ccc(-c2cccc(-c3ccn(CC(N)=O)n3)c2)nn1. The predicted molar refractivity (Wildman–Crippen MR) is 84.4 cm³/mol. The standard InChI is InChI=1S/C16H15N5O2/c1-23-16-6-5-13(18-19-16)11-3-2-4-12(9-11)14-7-8-21(20-14)10-15(17)22/h2-9H,10H2,1H3,(H2,17,22). The Labute approximate surface area is 132 Å². The van der Waals surface area contributed by atoms with E-state index in [4.69, 9.17) is 10.5 Å². The van der Waals surface area contributed by atoms with E-state index in [1.165, 1.54) is 4.68 Å². The molecule has 2 N–H and O–H groups in total. The molecule has 1 amide bonds. The third kappa shape index (κ3) is 3.34. The fourth-order valence-corrected chi connectivity index (χ4v) is 2.18. The maximum Gasteiger partial charge on any atom is 0.239 e. The summed E-state index contributed by atoms with van der Waals surface area (Å²) in [5, 5.41) is 12.4. The van der Waals surface area contributed by atoms with Gasteiger partial charge in [-0.15, -0.1) is 10.2 Å². The highest BCUT2D eigenvalue weighted by atomic mass is 16.5. The summed E-state index contributed by atoms with van der Waals surface area (Å²) in [7, 11) is 1.55. The number of methoxy groups -OCH3 is 1. The van der Waals surface area contributed by atoms with E-state index >= 15 is 0 Å². The minimum Gasteiger partial charge on any atom is -0.480 e. The normalized spacial score (nSPS) is 10.5. The molecule has 23 heavy (non-hydrogen) atoms. The molecule has 2 aromatic heterocycles. The largest absolute Gasteiger partial charge is 0.480 e. The number of amides is 1. The molecule has 0 aliphatic carbocycles. The summed E-state index contributed by atoms with van der Waals surface area (Å²) < 4.78 is 6.52. The van der Waals surface area contributed by atoms with E-state index < -0.39 is 5.91 Å². The number of hydrogen-bond donors (Lipinski definition) is 1. The summed E-state index contributed by atoms with van der Waals surface area (Å²) in [6, 6.07) is 13.2. The summed E-state index contributed by atoms with van der Waals surface area (Å²) in [6.45, 7) is 0.0592. The van der Waals surface area contributed by atoms with E-state index in [0.717, 1.165) is 22.5 Å². The lowest BCUT2D eigenvalue weighted by molar-refractivity contribution is -0.118. The van der Waals surface area contributed by atoms with Gasteiger partial charge in [-0.2, -0.15) is 5.10 Å². The fraction of sp³-hybridized carbons (Fsp3) is 0.125. The van der Waals surface area contributed by atoms with Crippen LogP contribution in [0, 0.1) is 0 Å². The molecule has 0 spiro atoms. The van der Waals surface area contributed by atoms with Crippen LogP contribution < -0.4 is 10.5 Å². The molecule has 7 heteroatoms. The maximum atomic E-state index is 10.9. The Balaban J connectivity index is 1.89. The number of hydrogen-bond acceptors (Lipinski definition) is 5. The van der Waals surface area contributed by atoms with Crippen molar-refractivity contribution in [1.29, 1.82) is 0 Å². The number of rotatable bonds is 5. The molecule has 0 radical (unpaired) electrons. The van der Waals surface area contributed by atoms with Crippen molar-refractivity contribution in [3.63, 3.8) is 0 Å². The minimum absolute atomic E-state index is 0.0592. The maximum absolute atomic E-state index is 10.9. The zero-order valence-electron chi connectivity index (χ0n) is 12.5. The van der Waals surface area contributed by atoms with Crippen molar-refractivity contribution >= 4 is 5.91 Å². The number of ether oxygens (including phenoxy) is 1. The third-order valence-corrected chi connectivity index (χ3v) is 3.26. The summed E-state index contributed by atoms with van der Waals surface area (Å²) in [4.78, 5) is 10.9. The second-order valence-electron chi connectivity index (χ2n) is 4.91. The minimum atomic E-state index is -0.429. The van der Waals surface area contributed by atoms with E-state index in [1.54, 1.807) is 19.4 Å². The van der Waals surface area contributed by atoms with Gasteiger partial charge in [-0.1, -0.05) is 18.2 Å². The van der Waals surface area contributed by atoms with E-state index in [0.29, 0.717) is 5.88 Å². The van der Waals surface area contributed by atoms with E-state index in [9.17, 15) is 4.79 Å². The Morgan fingerprint density at radius 1 is 1.13 bits per heavy atom. The van der Waals surface area contributed by atoms with Crippen molar-refractivity contribution in [1.82, 2.24) is 20.0 Å². The Bertz CT molecular complexity index is 826. The van der Waals surface area contributed by atoms with Crippen LogP contribution in [0.4, 0.5) is 0 Å². The van der Waals surface area contributed by atoms with Crippen molar-refractivity contribution in [2.24, 2.45) is 5.73 Å². The quantitative estimate of drug-likeness (QED) is 0.770. The van der Waals surface area contributed by atoms with Gasteiger partial charge in [0.15, 0.2) is 0 Å². The molecule has 7 nitrogen and oxygen atoms in total. The van der Waals surface area contributed by atoms with Gasteiger partial charge in [0.1, 0.15) is 6.54 Å². The van der Waals surface area contributed by atoms with Crippen LogP contribution in [0.3, 0.4) is 0 Å². The number of benzene rings is 1. The van der Waals surface area contributed by atoms with Gasteiger partial charge in [0.25, 0.3) is 0 Å². The molecule has 0 atom stereocenters. The second kappa shape index (κ2) is 6.27. The molecule has 3 aromatic rings. The Kier molecular flexibility index (Phi) is 4.01. The van der Waals surface area contributed by atoms with Gasteiger partial charge in [-0.3, -0.25) is 9.48 Å². The average Bonchev–Trinajstić information content (AvgIpc) is 3.03. The van der Waals surface area contributed by atoms with Crippen LogP contribution in [0.15, 0.2) is 48.7 Å². The highest BCUT2D eigenvalue weighted by molar-refractivity contribution is 5.73. The number of carbonyl (C=O) groups is 1. The molecule has 0 unspecified atom stereocenters. The van der Waals surface area contributed by atoms with Crippen molar-refractivity contribution in [2.75, 3.05) is 7.11 Å². The van der Waals surface area contributed by atoms with Crippen LogP contribution >= 0.6 is 0 Å². The topological polar surface area (TPSA) is 95.9 Å². The van der Waals surface area contributed by atoms with Crippen LogP contribution in [0.25, 0.3) is 22.5 Å². The number of carbonyl (C=O) groups excluding carboxylic acids is 1. The fourth-order valence-electron chi connectivity index (χ4n) is 2.18. The summed E-state index contributed by atoms with van der Waals surface area (Å²) in [5.74, 6) is 0.0389. The van der Waals surface area contributed by atoms with Crippen LogP contribution in [-0.2, 0) is 11.3 Å². The van der Waals surface area contributed by atoms with Crippen LogP contribution in [0.5, 0.6) is 5.88 Å². The first kappa shape index (κ1) is 14.7. The molecule has 1 aromatic carbocycles. The molecular formula is C16H15N5O2.